The van der Waals surface area contributed by atoms with E-state index in [0.717, 1.165) is 16.7 Å². The first-order valence-corrected chi connectivity index (χ1v) is 16.0. The Morgan fingerprint density at radius 2 is 1.36 bits per heavy atom. The lowest BCUT2D eigenvalue weighted by atomic mass is 9.80. The van der Waals surface area contributed by atoms with Crippen LogP contribution in [0.15, 0.2) is 122 Å². The Kier molecular flexibility index (Phi) is 9.24. The van der Waals surface area contributed by atoms with Gasteiger partial charge in [-0.2, -0.15) is 0 Å². The Bertz CT molecular complexity index is 2010. The SMILES string of the molecule is COc1ccc(C(OC[C@H]2O[C@@H](n3cnc4c(NC(=O)c5ccccc5)ncnc43)C(O)[C@H]2O)(c2ccccc2)c2ccc(OC)cc2)cc1. The van der Waals surface area contributed by atoms with Crippen LogP contribution in [0, 0.1) is 0 Å². The quantitative estimate of drug-likeness (QED) is 0.165. The number of nitrogens with zero attached hydrogens (tertiary/aromatic N) is 4. The molecule has 3 heterocycles. The first kappa shape index (κ1) is 32.9. The summed E-state index contributed by atoms with van der Waals surface area (Å²) < 4.78 is 25.6. The monoisotopic (exact) mass is 673 g/mol. The van der Waals surface area contributed by atoms with E-state index >= 15 is 0 Å². The van der Waals surface area contributed by atoms with Gasteiger partial charge in [-0.3, -0.25) is 9.36 Å². The number of carbonyl (C=O) groups excluding carboxylic acids is 1. The van der Waals surface area contributed by atoms with Gasteiger partial charge >= 0.3 is 0 Å². The van der Waals surface area contributed by atoms with Crippen molar-refractivity contribution in [3.8, 4) is 11.5 Å². The van der Waals surface area contributed by atoms with Crippen LogP contribution in [0.1, 0.15) is 33.3 Å². The summed E-state index contributed by atoms with van der Waals surface area (Å²) >= 11 is 0. The molecule has 50 heavy (non-hydrogen) atoms. The lowest BCUT2D eigenvalue weighted by Gasteiger charge is -2.37. The zero-order valence-electron chi connectivity index (χ0n) is 27.3. The molecule has 0 radical (unpaired) electrons. The van der Waals surface area contributed by atoms with Gasteiger partial charge < -0.3 is 34.5 Å². The summed E-state index contributed by atoms with van der Waals surface area (Å²) in [5.41, 5.74) is 2.34. The molecule has 6 aromatic rings. The third-order valence-corrected chi connectivity index (χ3v) is 8.88. The van der Waals surface area contributed by atoms with Crippen molar-refractivity contribution in [2.45, 2.75) is 30.1 Å². The number of benzene rings is 4. The molecule has 3 N–H and O–H groups in total. The number of aromatic nitrogens is 4. The van der Waals surface area contributed by atoms with Crippen LogP contribution in [-0.2, 0) is 15.1 Å². The summed E-state index contributed by atoms with van der Waals surface area (Å²) in [5.74, 6) is 1.21. The number of fused-ring (bicyclic) bond motifs is 1. The first-order chi connectivity index (χ1) is 24.4. The number of methoxy groups -OCH3 is 2. The number of amides is 1. The predicted octanol–water partition coefficient (Wildman–Crippen LogP) is 4.72. The molecule has 1 unspecified atom stereocenters. The van der Waals surface area contributed by atoms with Gasteiger partial charge in [0.1, 0.15) is 41.7 Å². The van der Waals surface area contributed by atoms with Crippen molar-refractivity contribution < 1.29 is 34.0 Å². The highest BCUT2D eigenvalue weighted by Gasteiger charge is 2.47. The lowest BCUT2D eigenvalue weighted by Crippen LogP contribution is -2.39. The normalized spacial score (nSPS) is 19.0. The van der Waals surface area contributed by atoms with Crippen molar-refractivity contribution in [1.29, 1.82) is 0 Å². The maximum Gasteiger partial charge on any atom is 0.256 e. The minimum Gasteiger partial charge on any atom is -0.497 e. The van der Waals surface area contributed by atoms with Crippen LogP contribution < -0.4 is 14.8 Å². The number of nitrogens with one attached hydrogen (secondary N) is 1. The third kappa shape index (κ3) is 6.05. The molecule has 2 aromatic heterocycles. The van der Waals surface area contributed by atoms with Gasteiger partial charge in [-0.1, -0.05) is 72.8 Å². The molecule has 0 bridgehead atoms. The average Bonchev–Trinajstić information content (AvgIpc) is 3.73. The Morgan fingerprint density at radius 1 is 0.780 bits per heavy atom. The zero-order valence-corrected chi connectivity index (χ0v) is 27.3. The number of aliphatic hydroxyl groups is 2. The van der Waals surface area contributed by atoms with E-state index in [9.17, 15) is 15.0 Å². The minimum absolute atomic E-state index is 0.109. The molecule has 4 atom stereocenters. The smallest absolute Gasteiger partial charge is 0.256 e. The molecule has 1 aliphatic heterocycles. The third-order valence-electron chi connectivity index (χ3n) is 8.88. The van der Waals surface area contributed by atoms with Crippen LogP contribution in [0.5, 0.6) is 11.5 Å². The number of anilines is 1. The standard InChI is InChI=1S/C38H35N5O7/c1-47-28-17-13-26(14-18-28)38(25-11-7-4-8-12-25,27-15-19-29(48-2)20-16-27)49-21-30-32(44)33(45)37(50-30)43-23-41-31-34(39-22-40-35(31)43)42-36(46)24-9-5-3-6-10-24/h3-20,22-23,30,32-33,37,44-45H,21H2,1-2H3,(H,39,40,42,46)/t30-,32+,33?,37-/m1/s1. The van der Waals surface area contributed by atoms with Gasteiger partial charge in [-0.15, -0.1) is 0 Å². The summed E-state index contributed by atoms with van der Waals surface area (Å²) in [6.07, 6.45) is -1.97. The van der Waals surface area contributed by atoms with Crippen molar-refractivity contribution in [2.24, 2.45) is 0 Å². The zero-order chi connectivity index (χ0) is 34.7. The molecule has 1 saturated heterocycles. The number of aliphatic hydroxyl groups excluding tert-OH is 2. The summed E-state index contributed by atoms with van der Waals surface area (Å²) in [5, 5.41) is 25.4. The Morgan fingerprint density at radius 3 is 1.96 bits per heavy atom. The van der Waals surface area contributed by atoms with E-state index in [4.69, 9.17) is 18.9 Å². The van der Waals surface area contributed by atoms with Crippen molar-refractivity contribution in [3.05, 3.63) is 144 Å². The maximum atomic E-state index is 12.9. The van der Waals surface area contributed by atoms with Crippen molar-refractivity contribution in [2.75, 3.05) is 26.1 Å². The molecule has 0 aliphatic carbocycles. The molecular formula is C38H35N5O7. The van der Waals surface area contributed by atoms with Gasteiger partial charge in [0.2, 0.25) is 0 Å². The fraction of sp³-hybridized carbons (Fsp3) is 0.211. The van der Waals surface area contributed by atoms with Gasteiger partial charge in [-0.25, -0.2) is 15.0 Å². The van der Waals surface area contributed by atoms with Crippen molar-refractivity contribution in [1.82, 2.24) is 19.5 Å². The minimum atomic E-state index is -1.36. The summed E-state index contributed by atoms with van der Waals surface area (Å²) in [7, 11) is 3.22. The topological polar surface area (TPSA) is 150 Å². The highest BCUT2D eigenvalue weighted by atomic mass is 16.6. The van der Waals surface area contributed by atoms with Crippen LogP contribution in [0.25, 0.3) is 11.2 Å². The highest BCUT2D eigenvalue weighted by Crippen LogP contribution is 2.43. The van der Waals surface area contributed by atoms with E-state index < -0.39 is 30.1 Å². The van der Waals surface area contributed by atoms with Crippen LogP contribution in [-0.4, -0.2) is 74.8 Å². The average molecular weight is 674 g/mol. The molecule has 12 heteroatoms. The highest BCUT2D eigenvalue weighted by molar-refractivity contribution is 6.06. The second-order valence-electron chi connectivity index (χ2n) is 11.7. The van der Waals surface area contributed by atoms with E-state index in [-0.39, 0.29) is 18.3 Å². The molecule has 1 amide bonds. The van der Waals surface area contributed by atoms with Gasteiger partial charge in [-0.05, 0) is 53.1 Å². The Balaban J connectivity index is 1.20. The number of hydrogen-bond acceptors (Lipinski definition) is 10. The van der Waals surface area contributed by atoms with E-state index in [1.54, 1.807) is 38.5 Å². The fourth-order valence-electron chi connectivity index (χ4n) is 6.28. The van der Waals surface area contributed by atoms with E-state index in [0.29, 0.717) is 28.2 Å². The molecule has 254 valence electrons. The largest absolute Gasteiger partial charge is 0.497 e. The van der Waals surface area contributed by atoms with Gasteiger partial charge in [0.05, 0.1) is 27.2 Å². The summed E-state index contributed by atoms with van der Waals surface area (Å²) in [4.78, 5) is 25.9. The molecule has 0 spiro atoms. The molecule has 4 aromatic carbocycles. The second-order valence-corrected chi connectivity index (χ2v) is 11.7. The van der Waals surface area contributed by atoms with Crippen molar-refractivity contribution >= 4 is 22.9 Å². The number of imidazole rings is 1. The Hall–Kier alpha value is -5.66. The van der Waals surface area contributed by atoms with Crippen LogP contribution in [0.2, 0.25) is 0 Å². The van der Waals surface area contributed by atoms with Gasteiger partial charge in [0.25, 0.3) is 5.91 Å². The van der Waals surface area contributed by atoms with Crippen LogP contribution in [0.4, 0.5) is 5.82 Å². The first-order valence-electron chi connectivity index (χ1n) is 16.0. The van der Waals surface area contributed by atoms with E-state index in [1.807, 2.05) is 84.9 Å². The summed E-state index contributed by atoms with van der Waals surface area (Å²) in [6, 6.07) is 33.7. The number of hydrogen-bond donors (Lipinski definition) is 3. The van der Waals surface area contributed by atoms with Crippen molar-refractivity contribution in [3.63, 3.8) is 0 Å². The molecule has 1 aliphatic rings. The number of ether oxygens (including phenoxy) is 4. The van der Waals surface area contributed by atoms with Gasteiger partial charge in [0.15, 0.2) is 23.2 Å². The lowest BCUT2D eigenvalue weighted by molar-refractivity contribution is -0.0942. The second kappa shape index (κ2) is 14.1. The Labute approximate surface area is 287 Å². The molecule has 12 nitrogen and oxygen atoms in total. The van der Waals surface area contributed by atoms with Crippen LogP contribution >= 0.6 is 0 Å². The fourth-order valence-corrected chi connectivity index (χ4v) is 6.28. The molecular weight excluding hydrogens is 638 g/mol. The number of rotatable bonds is 11. The molecule has 7 rings (SSSR count). The molecule has 1 fully saturated rings. The molecule has 0 saturated carbocycles. The maximum absolute atomic E-state index is 12.9. The number of carbonyl (C=O) groups is 1. The summed E-state index contributed by atoms with van der Waals surface area (Å²) in [6.45, 7) is -0.109. The van der Waals surface area contributed by atoms with Gasteiger partial charge in [0, 0.05) is 5.56 Å². The predicted molar refractivity (Wildman–Crippen MR) is 184 cm³/mol. The van der Waals surface area contributed by atoms with Crippen LogP contribution in [0.3, 0.4) is 0 Å². The van der Waals surface area contributed by atoms with E-state index in [2.05, 4.69) is 20.3 Å². The van der Waals surface area contributed by atoms with E-state index in [1.165, 1.54) is 17.2 Å².